The molecule has 3 rings (SSSR count). The van der Waals surface area contributed by atoms with Crippen LogP contribution >= 0.6 is 11.6 Å². The van der Waals surface area contributed by atoms with Crippen LogP contribution in [0.5, 0.6) is 0 Å². The lowest BCUT2D eigenvalue weighted by atomic mass is 10.2. The Bertz CT molecular complexity index is 1200. The maximum Gasteiger partial charge on any atom is 0.420 e. The summed E-state index contributed by atoms with van der Waals surface area (Å²) in [6.07, 6.45) is 0. The van der Waals surface area contributed by atoms with Gasteiger partial charge in [0.1, 0.15) is 6.54 Å². The minimum Gasteiger partial charge on any atom is -0.407 e. The number of hydrogen-bond acceptors (Lipinski definition) is 7. The number of oxazole rings is 1. The van der Waals surface area contributed by atoms with Gasteiger partial charge >= 0.3 is 5.76 Å². The van der Waals surface area contributed by atoms with Crippen molar-refractivity contribution in [2.45, 2.75) is 13.1 Å². The van der Waals surface area contributed by atoms with Crippen molar-refractivity contribution in [3.8, 4) is 0 Å². The third-order valence-corrected chi connectivity index (χ3v) is 4.60. The van der Waals surface area contributed by atoms with Crippen LogP contribution in [0.4, 0.5) is 11.4 Å². The van der Waals surface area contributed by atoms with Crippen molar-refractivity contribution in [1.82, 2.24) is 9.47 Å². The normalized spacial score (nSPS) is 10.8. The number of non-ortho nitro benzene ring substituents is 2. The van der Waals surface area contributed by atoms with Crippen molar-refractivity contribution in [3.05, 3.63) is 77.8 Å². The standard InChI is InChI=1S/C17H13ClN4O7/c1-19(8-10-6-11(21(25)26)2-4-13(10)18)16(23)9-20-14-5-3-12(22(27)28)7-15(14)29-17(20)24/h2-7H,8-9H2,1H3. The van der Waals surface area contributed by atoms with Crippen LogP contribution in [0, 0.1) is 20.2 Å². The maximum atomic E-state index is 12.6. The van der Waals surface area contributed by atoms with Gasteiger partial charge in [-0.05, 0) is 17.7 Å². The van der Waals surface area contributed by atoms with Crippen molar-refractivity contribution < 1.29 is 19.1 Å². The number of nitro benzene ring substituents is 2. The van der Waals surface area contributed by atoms with E-state index >= 15 is 0 Å². The molecule has 0 saturated carbocycles. The summed E-state index contributed by atoms with van der Waals surface area (Å²) in [6.45, 7) is -0.401. The van der Waals surface area contributed by atoms with Crippen molar-refractivity contribution in [2.75, 3.05) is 7.05 Å². The van der Waals surface area contributed by atoms with Gasteiger partial charge in [0.15, 0.2) is 5.58 Å². The van der Waals surface area contributed by atoms with Gasteiger partial charge in [-0.1, -0.05) is 11.6 Å². The molecule has 0 N–H and O–H groups in total. The molecule has 0 aliphatic heterocycles. The highest BCUT2D eigenvalue weighted by Crippen LogP contribution is 2.24. The number of nitro groups is 2. The number of aromatic nitrogens is 1. The van der Waals surface area contributed by atoms with Gasteiger partial charge in [0.2, 0.25) is 5.91 Å². The zero-order valence-corrected chi connectivity index (χ0v) is 15.7. The molecule has 3 aromatic rings. The molecule has 1 heterocycles. The average molecular weight is 421 g/mol. The molecule has 0 spiro atoms. The van der Waals surface area contributed by atoms with Crippen LogP contribution < -0.4 is 5.76 Å². The fourth-order valence-corrected chi connectivity index (χ4v) is 2.89. The lowest BCUT2D eigenvalue weighted by molar-refractivity contribution is -0.385. The Morgan fingerprint density at radius 2 is 1.76 bits per heavy atom. The average Bonchev–Trinajstić information content (AvgIpc) is 2.97. The number of nitrogens with zero attached hydrogens (tertiary/aromatic N) is 4. The summed E-state index contributed by atoms with van der Waals surface area (Å²) < 4.78 is 6.03. The zero-order chi connectivity index (χ0) is 21.3. The molecule has 0 aliphatic rings. The van der Waals surface area contributed by atoms with Gasteiger partial charge < -0.3 is 9.32 Å². The molecule has 0 unspecified atom stereocenters. The smallest absolute Gasteiger partial charge is 0.407 e. The third-order valence-electron chi connectivity index (χ3n) is 4.23. The second kappa shape index (κ2) is 7.72. The number of carbonyl (C=O) groups excluding carboxylic acids is 1. The highest BCUT2D eigenvalue weighted by Gasteiger charge is 2.19. The molecule has 0 saturated heterocycles. The molecule has 29 heavy (non-hydrogen) atoms. The van der Waals surface area contributed by atoms with E-state index in [2.05, 4.69) is 0 Å². The first-order valence-electron chi connectivity index (χ1n) is 8.12. The number of fused-ring (bicyclic) bond motifs is 1. The Labute approximate surface area is 167 Å². The van der Waals surface area contributed by atoms with E-state index < -0.39 is 21.5 Å². The largest absolute Gasteiger partial charge is 0.420 e. The number of hydrogen-bond donors (Lipinski definition) is 0. The molecule has 11 nitrogen and oxygen atoms in total. The summed E-state index contributed by atoms with van der Waals surface area (Å²) in [5.74, 6) is -1.33. The maximum absolute atomic E-state index is 12.6. The molecule has 0 aliphatic carbocycles. The highest BCUT2D eigenvalue weighted by molar-refractivity contribution is 6.31. The second-order valence-corrected chi connectivity index (χ2v) is 6.55. The van der Waals surface area contributed by atoms with E-state index in [0.717, 1.165) is 10.6 Å². The minimum absolute atomic E-state index is 0.0126. The van der Waals surface area contributed by atoms with Crippen LogP contribution in [0.15, 0.2) is 45.6 Å². The van der Waals surface area contributed by atoms with Gasteiger partial charge in [-0.15, -0.1) is 0 Å². The highest BCUT2D eigenvalue weighted by atomic mass is 35.5. The summed E-state index contributed by atoms with van der Waals surface area (Å²) in [4.78, 5) is 46.4. The number of amides is 1. The first-order valence-corrected chi connectivity index (χ1v) is 8.49. The molecule has 1 aromatic heterocycles. The molecule has 0 bridgehead atoms. The molecule has 0 fully saturated rings. The van der Waals surface area contributed by atoms with E-state index in [9.17, 15) is 29.8 Å². The Hall–Kier alpha value is -3.73. The zero-order valence-electron chi connectivity index (χ0n) is 14.9. The molecule has 0 radical (unpaired) electrons. The third kappa shape index (κ3) is 4.09. The van der Waals surface area contributed by atoms with Crippen LogP contribution in [0.3, 0.4) is 0 Å². The SMILES string of the molecule is CN(Cc1cc([N+](=O)[O-])ccc1Cl)C(=O)Cn1c(=O)oc2cc([N+](=O)[O-])ccc21. The van der Waals surface area contributed by atoms with Gasteiger partial charge in [0, 0.05) is 36.8 Å². The second-order valence-electron chi connectivity index (χ2n) is 6.15. The van der Waals surface area contributed by atoms with Crippen LogP contribution in [-0.4, -0.2) is 32.3 Å². The topological polar surface area (TPSA) is 142 Å². The molecule has 150 valence electrons. The molecule has 2 aromatic carbocycles. The first kappa shape index (κ1) is 20.0. The van der Waals surface area contributed by atoms with E-state index in [1.807, 2.05) is 0 Å². The monoisotopic (exact) mass is 420 g/mol. The fraction of sp³-hybridized carbons (Fsp3) is 0.176. The summed E-state index contributed by atoms with van der Waals surface area (Å²) >= 11 is 6.05. The van der Waals surface area contributed by atoms with Crippen LogP contribution in [0.2, 0.25) is 5.02 Å². The van der Waals surface area contributed by atoms with Crippen molar-refractivity contribution in [3.63, 3.8) is 0 Å². The van der Waals surface area contributed by atoms with E-state index in [-0.39, 0.29) is 40.6 Å². The molecular formula is C17H13ClN4O7. The number of carbonyl (C=O) groups is 1. The minimum atomic E-state index is -0.837. The summed E-state index contributed by atoms with van der Waals surface area (Å²) in [6, 6.07) is 7.52. The Balaban J connectivity index is 1.82. The first-order chi connectivity index (χ1) is 13.7. The van der Waals surface area contributed by atoms with E-state index in [1.54, 1.807) is 0 Å². The van der Waals surface area contributed by atoms with Crippen LogP contribution in [-0.2, 0) is 17.9 Å². The fourth-order valence-electron chi connectivity index (χ4n) is 2.71. The van der Waals surface area contributed by atoms with Gasteiger partial charge in [0.05, 0.1) is 21.4 Å². The van der Waals surface area contributed by atoms with Gasteiger partial charge in [-0.25, -0.2) is 4.79 Å². The van der Waals surface area contributed by atoms with Gasteiger partial charge in [-0.2, -0.15) is 0 Å². The number of likely N-dealkylation sites (N-methyl/N-ethyl adjacent to an activating group) is 1. The molecule has 0 atom stereocenters. The van der Waals surface area contributed by atoms with E-state index in [1.165, 1.54) is 42.3 Å². The predicted octanol–water partition coefficient (Wildman–Crippen LogP) is 2.72. The van der Waals surface area contributed by atoms with Gasteiger partial charge in [0.25, 0.3) is 11.4 Å². The van der Waals surface area contributed by atoms with E-state index in [4.69, 9.17) is 16.0 Å². The Morgan fingerprint density at radius 1 is 1.14 bits per heavy atom. The molecular weight excluding hydrogens is 408 g/mol. The van der Waals surface area contributed by atoms with Crippen LogP contribution in [0.25, 0.3) is 11.1 Å². The predicted molar refractivity (Wildman–Crippen MR) is 102 cm³/mol. The number of benzene rings is 2. The lowest BCUT2D eigenvalue weighted by Gasteiger charge is -2.18. The Morgan fingerprint density at radius 3 is 2.41 bits per heavy atom. The van der Waals surface area contributed by atoms with Crippen LogP contribution in [0.1, 0.15) is 5.56 Å². The lowest BCUT2D eigenvalue weighted by Crippen LogP contribution is -2.32. The number of rotatable bonds is 6. The Kier molecular flexibility index (Phi) is 5.33. The summed E-state index contributed by atoms with van der Waals surface area (Å²) in [5, 5.41) is 22.0. The quantitative estimate of drug-likeness (QED) is 0.440. The number of halogens is 1. The summed E-state index contributed by atoms with van der Waals surface area (Å²) in [7, 11) is 1.45. The summed E-state index contributed by atoms with van der Waals surface area (Å²) in [5.41, 5.74) is 0.180. The van der Waals surface area contributed by atoms with Gasteiger partial charge in [-0.3, -0.25) is 29.6 Å². The molecule has 1 amide bonds. The van der Waals surface area contributed by atoms with Crippen molar-refractivity contribution >= 4 is 40.0 Å². The van der Waals surface area contributed by atoms with Crippen molar-refractivity contribution in [2.24, 2.45) is 0 Å². The van der Waals surface area contributed by atoms with E-state index in [0.29, 0.717) is 5.56 Å². The van der Waals surface area contributed by atoms with Crippen molar-refractivity contribution in [1.29, 1.82) is 0 Å². The molecule has 12 heteroatoms.